The van der Waals surface area contributed by atoms with Gasteiger partial charge >= 0.3 is 0 Å². The molecule has 2 aromatic rings. The number of ether oxygens (including phenoxy) is 2. The van der Waals surface area contributed by atoms with E-state index in [1.165, 1.54) is 13.2 Å². The molecule has 2 N–H and O–H groups in total. The Morgan fingerprint density at radius 1 is 1.17 bits per heavy atom. The van der Waals surface area contributed by atoms with Gasteiger partial charge in [0.05, 0.1) is 12.8 Å². The van der Waals surface area contributed by atoms with Gasteiger partial charge in [-0.3, -0.25) is 0 Å². The molecule has 0 atom stereocenters. The minimum Gasteiger partial charge on any atom is -0.481 e. The van der Waals surface area contributed by atoms with E-state index in [9.17, 15) is 8.78 Å². The van der Waals surface area contributed by atoms with E-state index in [-0.39, 0.29) is 23.2 Å². The highest BCUT2D eigenvalue weighted by Gasteiger charge is 2.10. The van der Waals surface area contributed by atoms with E-state index in [1.54, 1.807) is 6.07 Å². The third-order valence-corrected chi connectivity index (χ3v) is 2.17. The van der Waals surface area contributed by atoms with Crippen molar-refractivity contribution >= 4 is 5.69 Å². The maximum Gasteiger partial charge on any atom is 0.246 e. The van der Waals surface area contributed by atoms with Crippen LogP contribution in [0, 0.1) is 11.6 Å². The van der Waals surface area contributed by atoms with E-state index in [2.05, 4.69) is 4.98 Å². The summed E-state index contributed by atoms with van der Waals surface area (Å²) in [6, 6.07) is 6.01. The third-order valence-electron chi connectivity index (χ3n) is 2.17. The molecule has 0 radical (unpaired) electrons. The summed E-state index contributed by atoms with van der Waals surface area (Å²) in [7, 11) is 1.43. The van der Waals surface area contributed by atoms with Gasteiger partial charge in [-0.25, -0.2) is 8.78 Å². The molecule has 0 saturated carbocycles. The number of nitrogens with two attached hydrogens (primary N) is 1. The minimum atomic E-state index is -0.834. The summed E-state index contributed by atoms with van der Waals surface area (Å²) >= 11 is 0. The van der Waals surface area contributed by atoms with E-state index in [4.69, 9.17) is 15.2 Å². The number of halogens is 2. The van der Waals surface area contributed by atoms with Crippen LogP contribution < -0.4 is 15.2 Å². The second kappa shape index (κ2) is 4.87. The van der Waals surface area contributed by atoms with Crippen molar-refractivity contribution in [3.63, 3.8) is 0 Å². The quantitative estimate of drug-likeness (QED) is 0.912. The molecule has 1 aromatic carbocycles. The SMILES string of the molecule is COc1ccc(N)c(Oc2ccc(F)cc2F)n1. The van der Waals surface area contributed by atoms with Gasteiger partial charge in [0.1, 0.15) is 5.82 Å². The molecule has 0 aliphatic rings. The summed E-state index contributed by atoms with van der Waals surface area (Å²) in [6.45, 7) is 0. The number of rotatable bonds is 3. The van der Waals surface area contributed by atoms with E-state index in [0.717, 1.165) is 12.1 Å². The molecular formula is C12H10F2N2O2. The molecule has 6 heteroatoms. The van der Waals surface area contributed by atoms with Crippen LogP contribution in [0.5, 0.6) is 17.5 Å². The molecule has 0 spiro atoms. The van der Waals surface area contributed by atoms with Gasteiger partial charge < -0.3 is 15.2 Å². The van der Waals surface area contributed by atoms with Gasteiger partial charge in [-0.1, -0.05) is 0 Å². The molecule has 0 bridgehead atoms. The van der Waals surface area contributed by atoms with Crippen molar-refractivity contribution < 1.29 is 18.3 Å². The Labute approximate surface area is 102 Å². The first-order chi connectivity index (χ1) is 8.60. The molecule has 18 heavy (non-hydrogen) atoms. The number of benzene rings is 1. The number of hydrogen-bond donors (Lipinski definition) is 1. The van der Waals surface area contributed by atoms with Crippen molar-refractivity contribution in [2.75, 3.05) is 12.8 Å². The first-order valence-corrected chi connectivity index (χ1v) is 5.03. The minimum absolute atomic E-state index is 0.000131. The number of pyridine rings is 1. The maximum atomic E-state index is 13.4. The highest BCUT2D eigenvalue weighted by atomic mass is 19.1. The lowest BCUT2D eigenvalue weighted by Gasteiger charge is -2.09. The fourth-order valence-electron chi connectivity index (χ4n) is 1.29. The molecule has 94 valence electrons. The van der Waals surface area contributed by atoms with Crippen LogP contribution in [-0.4, -0.2) is 12.1 Å². The number of methoxy groups -OCH3 is 1. The van der Waals surface area contributed by atoms with Crippen LogP contribution in [0.25, 0.3) is 0 Å². The Morgan fingerprint density at radius 3 is 2.61 bits per heavy atom. The summed E-state index contributed by atoms with van der Waals surface area (Å²) in [6.07, 6.45) is 0. The van der Waals surface area contributed by atoms with Crippen LogP contribution in [0.15, 0.2) is 30.3 Å². The summed E-state index contributed by atoms with van der Waals surface area (Å²) in [5, 5.41) is 0. The largest absolute Gasteiger partial charge is 0.481 e. The average Bonchev–Trinajstić information content (AvgIpc) is 2.35. The molecule has 0 aliphatic carbocycles. The molecule has 2 rings (SSSR count). The predicted molar refractivity (Wildman–Crippen MR) is 61.6 cm³/mol. The number of nitrogens with zero attached hydrogens (tertiary/aromatic N) is 1. The first-order valence-electron chi connectivity index (χ1n) is 5.03. The van der Waals surface area contributed by atoms with E-state index < -0.39 is 11.6 Å². The van der Waals surface area contributed by atoms with Gasteiger partial charge in [-0.2, -0.15) is 4.98 Å². The van der Waals surface area contributed by atoms with Crippen molar-refractivity contribution in [1.82, 2.24) is 4.98 Å². The second-order valence-corrected chi connectivity index (χ2v) is 3.42. The average molecular weight is 252 g/mol. The molecule has 4 nitrogen and oxygen atoms in total. The summed E-state index contributed by atoms with van der Waals surface area (Å²) < 4.78 is 36.2. The summed E-state index contributed by atoms with van der Waals surface area (Å²) in [4.78, 5) is 3.92. The lowest BCUT2D eigenvalue weighted by molar-refractivity contribution is 0.378. The van der Waals surface area contributed by atoms with Gasteiger partial charge in [0.2, 0.25) is 11.8 Å². The number of aromatic nitrogens is 1. The Hall–Kier alpha value is -2.37. The van der Waals surface area contributed by atoms with E-state index in [1.807, 2.05) is 0 Å². The first kappa shape index (κ1) is 12.1. The van der Waals surface area contributed by atoms with Crippen LogP contribution in [0.2, 0.25) is 0 Å². The molecule has 0 saturated heterocycles. The van der Waals surface area contributed by atoms with Gasteiger partial charge in [-0.15, -0.1) is 0 Å². The van der Waals surface area contributed by atoms with Crippen LogP contribution in [0.4, 0.5) is 14.5 Å². The topological polar surface area (TPSA) is 57.4 Å². The Bertz CT molecular complexity index is 576. The van der Waals surface area contributed by atoms with Crippen molar-refractivity contribution in [1.29, 1.82) is 0 Å². The lowest BCUT2D eigenvalue weighted by Crippen LogP contribution is -1.98. The fourth-order valence-corrected chi connectivity index (χ4v) is 1.29. The number of anilines is 1. The van der Waals surface area contributed by atoms with Gasteiger partial charge in [0.15, 0.2) is 11.6 Å². The zero-order valence-corrected chi connectivity index (χ0v) is 9.48. The molecule has 0 fully saturated rings. The molecule has 0 amide bonds. The smallest absolute Gasteiger partial charge is 0.246 e. The van der Waals surface area contributed by atoms with Crippen LogP contribution in [0.3, 0.4) is 0 Å². The normalized spacial score (nSPS) is 10.2. The van der Waals surface area contributed by atoms with Crippen LogP contribution in [-0.2, 0) is 0 Å². The molecule has 0 aliphatic heterocycles. The summed E-state index contributed by atoms with van der Waals surface area (Å²) in [5.41, 5.74) is 5.85. The maximum absolute atomic E-state index is 13.4. The van der Waals surface area contributed by atoms with Crippen molar-refractivity contribution in [2.24, 2.45) is 0 Å². The van der Waals surface area contributed by atoms with Gasteiger partial charge in [0.25, 0.3) is 0 Å². The second-order valence-electron chi connectivity index (χ2n) is 3.42. The molecule has 0 unspecified atom stereocenters. The van der Waals surface area contributed by atoms with Crippen LogP contribution >= 0.6 is 0 Å². The third kappa shape index (κ3) is 2.48. The fraction of sp³-hybridized carbons (Fsp3) is 0.0833. The van der Waals surface area contributed by atoms with Crippen LogP contribution in [0.1, 0.15) is 0 Å². The highest BCUT2D eigenvalue weighted by molar-refractivity contribution is 5.51. The van der Waals surface area contributed by atoms with E-state index >= 15 is 0 Å². The van der Waals surface area contributed by atoms with Gasteiger partial charge in [-0.05, 0) is 18.2 Å². The predicted octanol–water partition coefficient (Wildman–Crippen LogP) is 2.74. The Morgan fingerprint density at radius 2 is 1.94 bits per heavy atom. The molecule has 1 heterocycles. The zero-order valence-electron chi connectivity index (χ0n) is 9.48. The van der Waals surface area contributed by atoms with Gasteiger partial charge in [0, 0.05) is 12.1 Å². The van der Waals surface area contributed by atoms with Crippen molar-refractivity contribution in [3.8, 4) is 17.5 Å². The highest BCUT2D eigenvalue weighted by Crippen LogP contribution is 2.29. The Balaban J connectivity index is 2.33. The van der Waals surface area contributed by atoms with E-state index in [0.29, 0.717) is 6.07 Å². The van der Waals surface area contributed by atoms with Crippen molar-refractivity contribution in [3.05, 3.63) is 42.0 Å². The monoisotopic (exact) mass is 252 g/mol. The molecule has 1 aromatic heterocycles. The number of nitrogen functional groups attached to an aromatic ring is 1. The number of hydrogen-bond acceptors (Lipinski definition) is 4. The summed E-state index contributed by atoms with van der Waals surface area (Å²) in [5.74, 6) is -1.41. The Kier molecular flexibility index (Phi) is 3.27. The van der Waals surface area contributed by atoms with Crippen molar-refractivity contribution in [2.45, 2.75) is 0 Å². The standard InChI is InChI=1S/C12H10F2N2O2/c1-17-11-5-3-9(15)12(16-11)18-10-4-2-7(13)6-8(10)14/h2-6H,15H2,1H3. The zero-order chi connectivity index (χ0) is 13.1. The molecular weight excluding hydrogens is 242 g/mol. The lowest BCUT2D eigenvalue weighted by atomic mass is 10.3.